The Kier molecular flexibility index (Phi) is 4.94. The average molecular weight is 380 g/mol. The van der Waals surface area contributed by atoms with E-state index in [4.69, 9.17) is 4.74 Å². The number of halogens is 1. The van der Waals surface area contributed by atoms with Crippen LogP contribution in [0.5, 0.6) is 6.01 Å². The van der Waals surface area contributed by atoms with Gasteiger partial charge in [0, 0.05) is 29.2 Å². The van der Waals surface area contributed by atoms with E-state index in [1.165, 1.54) is 0 Å². The van der Waals surface area contributed by atoms with Gasteiger partial charge in [-0.3, -0.25) is 4.79 Å². The van der Waals surface area contributed by atoms with E-state index in [0.29, 0.717) is 0 Å². The van der Waals surface area contributed by atoms with Crippen molar-refractivity contribution in [3.8, 4) is 6.01 Å². The normalized spacial score (nSPS) is 17.5. The second-order valence-corrected chi connectivity index (χ2v) is 6.79. The maximum absolute atomic E-state index is 12.4. The quantitative estimate of drug-likeness (QED) is 0.817. The van der Waals surface area contributed by atoms with Crippen molar-refractivity contribution in [2.45, 2.75) is 5.37 Å². The molecule has 7 heteroatoms. The van der Waals surface area contributed by atoms with Gasteiger partial charge in [0.1, 0.15) is 5.37 Å². The summed E-state index contributed by atoms with van der Waals surface area (Å²) >= 11 is 5.19. The Bertz CT molecular complexity index is 639. The highest BCUT2D eigenvalue weighted by Crippen LogP contribution is 2.38. The Balaban J connectivity index is 1.65. The fraction of sp³-hybridized carbons (Fsp3) is 0.267. The van der Waals surface area contributed by atoms with Gasteiger partial charge in [-0.1, -0.05) is 28.1 Å². The number of amides is 1. The third-order valence-electron chi connectivity index (χ3n) is 3.23. The summed E-state index contributed by atoms with van der Waals surface area (Å²) in [7, 11) is 0. The first-order valence-corrected chi connectivity index (χ1v) is 8.64. The van der Waals surface area contributed by atoms with E-state index in [-0.39, 0.29) is 23.9 Å². The lowest BCUT2D eigenvalue weighted by molar-refractivity contribution is -0.133. The van der Waals surface area contributed by atoms with Gasteiger partial charge in [0.15, 0.2) is 6.61 Å². The Morgan fingerprint density at radius 1 is 1.32 bits per heavy atom. The maximum atomic E-state index is 12.4. The lowest BCUT2D eigenvalue weighted by Gasteiger charge is -2.24. The molecular formula is C15H14BrN3O2S. The molecule has 1 unspecified atom stereocenters. The molecule has 114 valence electrons. The zero-order valence-corrected chi connectivity index (χ0v) is 14.1. The van der Waals surface area contributed by atoms with Gasteiger partial charge in [-0.2, -0.15) is 0 Å². The van der Waals surface area contributed by atoms with Crippen molar-refractivity contribution < 1.29 is 9.53 Å². The number of benzene rings is 1. The highest BCUT2D eigenvalue weighted by Gasteiger charge is 2.30. The maximum Gasteiger partial charge on any atom is 0.316 e. The minimum atomic E-state index is -0.0506. The molecule has 1 saturated heterocycles. The van der Waals surface area contributed by atoms with Crippen LogP contribution in [0.15, 0.2) is 47.2 Å². The zero-order chi connectivity index (χ0) is 15.4. The van der Waals surface area contributed by atoms with E-state index in [1.54, 1.807) is 30.2 Å². The van der Waals surface area contributed by atoms with Crippen LogP contribution in [0.1, 0.15) is 10.9 Å². The van der Waals surface area contributed by atoms with Crippen molar-refractivity contribution in [3.63, 3.8) is 0 Å². The third kappa shape index (κ3) is 3.59. The molecule has 1 amide bonds. The number of rotatable bonds is 4. The molecule has 22 heavy (non-hydrogen) atoms. The molecule has 0 aliphatic carbocycles. The topological polar surface area (TPSA) is 55.3 Å². The molecule has 1 aromatic carbocycles. The van der Waals surface area contributed by atoms with Crippen LogP contribution < -0.4 is 4.74 Å². The number of hydrogen-bond donors (Lipinski definition) is 0. The van der Waals surface area contributed by atoms with Crippen LogP contribution in [0.25, 0.3) is 0 Å². The van der Waals surface area contributed by atoms with Crippen molar-refractivity contribution >= 4 is 33.6 Å². The summed E-state index contributed by atoms with van der Waals surface area (Å²) in [4.78, 5) is 22.1. The van der Waals surface area contributed by atoms with E-state index in [0.717, 1.165) is 22.3 Å². The van der Waals surface area contributed by atoms with Crippen molar-refractivity contribution in [2.24, 2.45) is 0 Å². The zero-order valence-electron chi connectivity index (χ0n) is 11.7. The number of nitrogens with zero attached hydrogens (tertiary/aromatic N) is 3. The van der Waals surface area contributed by atoms with Crippen molar-refractivity contribution in [3.05, 3.63) is 52.8 Å². The van der Waals surface area contributed by atoms with Crippen LogP contribution in [0.3, 0.4) is 0 Å². The Hall–Kier alpha value is -1.60. The largest absolute Gasteiger partial charge is 0.453 e. The number of aromatic nitrogens is 2. The van der Waals surface area contributed by atoms with Gasteiger partial charge >= 0.3 is 6.01 Å². The Morgan fingerprint density at radius 3 is 2.77 bits per heavy atom. The number of carbonyl (C=O) groups is 1. The van der Waals surface area contributed by atoms with Crippen molar-refractivity contribution in [2.75, 3.05) is 18.9 Å². The highest BCUT2D eigenvalue weighted by molar-refractivity contribution is 9.10. The fourth-order valence-corrected chi connectivity index (χ4v) is 3.74. The predicted molar refractivity (Wildman–Crippen MR) is 88.6 cm³/mol. The Labute approximate surface area is 141 Å². The van der Waals surface area contributed by atoms with Crippen molar-refractivity contribution in [1.82, 2.24) is 14.9 Å². The molecule has 1 aromatic heterocycles. The Morgan fingerprint density at radius 2 is 2.05 bits per heavy atom. The second kappa shape index (κ2) is 7.11. The molecule has 1 fully saturated rings. The first kappa shape index (κ1) is 15.3. The van der Waals surface area contributed by atoms with E-state index in [2.05, 4.69) is 25.9 Å². The van der Waals surface area contributed by atoms with E-state index in [1.807, 2.05) is 29.2 Å². The minimum Gasteiger partial charge on any atom is -0.453 e. The summed E-state index contributed by atoms with van der Waals surface area (Å²) in [6.45, 7) is 0.681. The summed E-state index contributed by atoms with van der Waals surface area (Å²) in [5.41, 5.74) is 1.12. The van der Waals surface area contributed by atoms with Gasteiger partial charge in [-0.25, -0.2) is 9.97 Å². The fourth-order valence-electron chi connectivity index (χ4n) is 2.20. The van der Waals surface area contributed by atoms with E-state index in [9.17, 15) is 4.79 Å². The van der Waals surface area contributed by atoms with Crippen LogP contribution >= 0.6 is 27.7 Å². The molecule has 1 aliphatic heterocycles. The number of carbonyl (C=O) groups excluding carboxylic acids is 1. The first-order valence-electron chi connectivity index (χ1n) is 6.80. The number of thioether (sulfide) groups is 1. The van der Waals surface area contributed by atoms with Crippen LogP contribution in [-0.4, -0.2) is 39.7 Å². The summed E-state index contributed by atoms with van der Waals surface area (Å²) < 4.78 is 6.38. The molecule has 0 saturated carbocycles. The molecule has 0 spiro atoms. The number of ether oxygens (including phenoxy) is 1. The molecule has 0 bridgehead atoms. The van der Waals surface area contributed by atoms with Gasteiger partial charge in [0.05, 0.1) is 0 Å². The molecule has 1 aliphatic rings. The monoisotopic (exact) mass is 379 g/mol. The van der Waals surface area contributed by atoms with E-state index < -0.39 is 0 Å². The third-order valence-corrected chi connectivity index (χ3v) is 5.02. The minimum absolute atomic E-state index is 0.0425. The summed E-state index contributed by atoms with van der Waals surface area (Å²) in [6, 6.07) is 9.98. The first-order chi connectivity index (χ1) is 10.7. The SMILES string of the molecule is O=C(COc1ncccn1)N1CCSC1c1ccc(Br)cc1. The summed E-state index contributed by atoms with van der Waals surface area (Å²) in [5, 5.41) is 0.0425. The van der Waals surface area contributed by atoms with Crippen LogP contribution in [-0.2, 0) is 4.79 Å². The average Bonchev–Trinajstić information content (AvgIpc) is 3.04. The standard InChI is InChI=1S/C15H14BrN3O2S/c16-12-4-2-11(3-5-12)14-19(8-9-22-14)13(20)10-21-15-17-6-1-7-18-15/h1-7,14H,8-10H2. The van der Waals surface area contributed by atoms with E-state index >= 15 is 0 Å². The van der Waals surface area contributed by atoms with Gasteiger partial charge in [-0.05, 0) is 23.8 Å². The molecule has 5 nitrogen and oxygen atoms in total. The lowest BCUT2D eigenvalue weighted by atomic mass is 10.2. The highest BCUT2D eigenvalue weighted by atomic mass is 79.9. The lowest BCUT2D eigenvalue weighted by Crippen LogP contribution is -2.34. The molecule has 1 atom stereocenters. The van der Waals surface area contributed by atoms with Crippen LogP contribution in [0.2, 0.25) is 0 Å². The molecule has 3 rings (SSSR count). The van der Waals surface area contributed by atoms with Gasteiger partial charge in [0.25, 0.3) is 5.91 Å². The van der Waals surface area contributed by atoms with Crippen LogP contribution in [0.4, 0.5) is 0 Å². The summed E-state index contributed by atoms with van der Waals surface area (Å²) in [5.74, 6) is 0.874. The van der Waals surface area contributed by atoms with Crippen molar-refractivity contribution in [1.29, 1.82) is 0 Å². The molecular weight excluding hydrogens is 366 g/mol. The van der Waals surface area contributed by atoms with Gasteiger partial charge in [-0.15, -0.1) is 11.8 Å². The van der Waals surface area contributed by atoms with Gasteiger partial charge < -0.3 is 9.64 Å². The predicted octanol–water partition coefficient (Wildman–Crippen LogP) is 2.89. The smallest absolute Gasteiger partial charge is 0.316 e. The molecule has 0 N–H and O–H groups in total. The van der Waals surface area contributed by atoms with Crippen LogP contribution in [0, 0.1) is 0 Å². The molecule has 2 aromatic rings. The summed E-state index contributed by atoms with van der Waals surface area (Å²) in [6.07, 6.45) is 3.17. The second-order valence-electron chi connectivity index (χ2n) is 4.68. The molecule has 2 heterocycles. The van der Waals surface area contributed by atoms with Gasteiger partial charge in [0.2, 0.25) is 0 Å². The number of hydrogen-bond acceptors (Lipinski definition) is 5. The molecule has 0 radical (unpaired) electrons.